The first-order valence-electron chi connectivity index (χ1n) is 10.6. The Morgan fingerprint density at radius 3 is 2.58 bits per heavy atom. The first-order chi connectivity index (χ1) is 15.1. The van der Waals surface area contributed by atoms with Crippen LogP contribution in [0, 0.1) is 4.91 Å². The van der Waals surface area contributed by atoms with Gasteiger partial charge in [-0.05, 0) is 47.6 Å². The van der Waals surface area contributed by atoms with E-state index in [0.29, 0.717) is 25.9 Å². The minimum atomic E-state index is -0.533. The summed E-state index contributed by atoms with van der Waals surface area (Å²) >= 11 is 6.82. The van der Waals surface area contributed by atoms with Gasteiger partial charge in [-0.1, -0.05) is 59.2 Å². The molecule has 5 nitrogen and oxygen atoms in total. The predicted octanol–water partition coefficient (Wildman–Crippen LogP) is 5.83. The Labute approximate surface area is 186 Å². The molecule has 3 atom stereocenters. The van der Waals surface area contributed by atoms with Crippen molar-refractivity contribution in [3.05, 3.63) is 81.2 Å². The number of ether oxygens (including phenoxy) is 2. The number of nitrogens with zero attached hydrogens (tertiary/aromatic N) is 1. The van der Waals surface area contributed by atoms with Gasteiger partial charge in [0.25, 0.3) is 0 Å². The van der Waals surface area contributed by atoms with Crippen molar-refractivity contribution in [1.29, 1.82) is 0 Å². The molecule has 3 unspecified atom stereocenters. The fraction of sp³-hybridized carbons (Fsp3) is 0.360. The number of hydrogen-bond donors (Lipinski definition) is 1. The lowest BCUT2D eigenvalue weighted by molar-refractivity contribution is -0.0925. The molecule has 1 heterocycles. The van der Waals surface area contributed by atoms with Gasteiger partial charge in [0.2, 0.25) is 0 Å². The van der Waals surface area contributed by atoms with Crippen LogP contribution in [-0.4, -0.2) is 30.5 Å². The van der Waals surface area contributed by atoms with Crippen molar-refractivity contribution in [3.63, 3.8) is 0 Å². The molecule has 0 aromatic heterocycles. The van der Waals surface area contributed by atoms with Gasteiger partial charge in [0.05, 0.1) is 29.9 Å². The van der Waals surface area contributed by atoms with Gasteiger partial charge in [0, 0.05) is 18.2 Å². The Morgan fingerprint density at radius 2 is 1.87 bits per heavy atom. The largest absolute Gasteiger partial charge is 0.494 e. The van der Waals surface area contributed by atoms with E-state index in [0.717, 1.165) is 38.2 Å². The van der Waals surface area contributed by atoms with Crippen LogP contribution >= 0.6 is 11.6 Å². The van der Waals surface area contributed by atoms with E-state index < -0.39 is 6.10 Å². The Morgan fingerprint density at radius 1 is 1.13 bits per heavy atom. The molecule has 6 heteroatoms. The van der Waals surface area contributed by atoms with Crippen molar-refractivity contribution >= 4 is 22.4 Å². The molecule has 3 aromatic rings. The summed E-state index contributed by atoms with van der Waals surface area (Å²) in [6.07, 6.45) is 0.329. The second-order valence-corrected chi connectivity index (χ2v) is 8.30. The molecular formula is C25H26ClNO4. The number of halogens is 1. The normalized spacial score (nSPS) is 21.2. The van der Waals surface area contributed by atoms with Crippen molar-refractivity contribution < 1.29 is 14.6 Å². The number of aliphatic hydroxyl groups is 1. The summed E-state index contributed by atoms with van der Waals surface area (Å²) in [4.78, 5) is 10.8. The third kappa shape index (κ3) is 4.90. The van der Waals surface area contributed by atoms with E-state index in [1.807, 2.05) is 55.5 Å². The van der Waals surface area contributed by atoms with E-state index >= 15 is 0 Å². The fourth-order valence-corrected chi connectivity index (χ4v) is 4.59. The highest BCUT2D eigenvalue weighted by molar-refractivity contribution is 6.36. The molecule has 1 aliphatic heterocycles. The van der Waals surface area contributed by atoms with Crippen LogP contribution in [-0.2, 0) is 11.2 Å². The van der Waals surface area contributed by atoms with Crippen LogP contribution in [0.4, 0.5) is 0 Å². The quantitative estimate of drug-likeness (QED) is 0.470. The number of fused-ring (bicyclic) bond motifs is 1. The van der Waals surface area contributed by atoms with Gasteiger partial charge in [-0.2, -0.15) is 4.91 Å². The average Bonchev–Trinajstić information content (AvgIpc) is 2.77. The van der Waals surface area contributed by atoms with Crippen molar-refractivity contribution in [1.82, 2.24) is 0 Å². The lowest BCUT2D eigenvalue weighted by Gasteiger charge is -2.33. The number of hydrogen-bond acceptors (Lipinski definition) is 5. The molecule has 4 rings (SSSR count). The van der Waals surface area contributed by atoms with Crippen LogP contribution in [0.1, 0.15) is 42.6 Å². The highest BCUT2D eigenvalue weighted by Gasteiger charge is 2.31. The van der Waals surface area contributed by atoms with E-state index in [2.05, 4.69) is 11.2 Å². The molecule has 1 fully saturated rings. The second-order valence-electron chi connectivity index (χ2n) is 7.92. The van der Waals surface area contributed by atoms with Crippen LogP contribution in [0.5, 0.6) is 5.75 Å². The average molecular weight is 440 g/mol. The number of benzene rings is 3. The van der Waals surface area contributed by atoms with Gasteiger partial charge in [-0.25, -0.2) is 0 Å². The number of aliphatic hydroxyl groups excluding tert-OH is 1. The predicted molar refractivity (Wildman–Crippen MR) is 123 cm³/mol. The van der Waals surface area contributed by atoms with Crippen molar-refractivity contribution in [2.45, 2.75) is 44.5 Å². The molecule has 3 aromatic carbocycles. The zero-order valence-corrected chi connectivity index (χ0v) is 18.2. The van der Waals surface area contributed by atoms with E-state index in [1.165, 1.54) is 0 Å². The molecule has 0 saturated carbocycles. The molecule has 1 N–H and O–H groups in total. The maximum absolute atomic E-state index is 10.8. The first-order valence-corrected chi connectivity index (χ1v) is 11.0. The summed E-state index contributed by atoms with van der Waals surface area (Å²) in [7, 11) is 0. The summed E-state index contributed by atoms with van der Waals surface area (Å²) < 4.78 is 11.7. The Hall–Kier alpha value is -2.47. The van der Waals surface area contributed by atoms with Gasteiger partial charge >= 0.3 is 0 Å². The summed E-state index contributed by atoms with van der Waals surface area (Å²) in [5.41, 5.74) is 3.10. The van der Waals surface area contributed by atoms with Crippen molar-refractivity contribution in [3.8, 4) is 5.75 Å². The zero-order valence-electron chi connectivity index (χ0n) is 17.5. The van der Waals surface area contributed by atoms with Crippen LogP contribution in [0.3, 0.4) is 0 Å². The van der Waals surface area contributed by atoms with E-state index in [1.54, 1.807) is 0 Å². The van der Waals surface area contributed by atoms with Crippen LogP contribution < -0.4 is 4.74 Å². The van der Waals surface area contributed by atoms with Crippen molar-refractivity contribution in [2.24, 2.45) is 5.18 Å². The third-order valence-corrected chi connectivity index (χ3v) is 6.16. The lowest BCUT2D eigenvalue weighted by Crippen LogP contribution is -2.33. The Balaban J connectivity index is 1.72. The SMILES string of the molecule is CCOc1ccc(Cc2cc(C3CC(O)CC(CN=O)O3)c3ccccc3c2Cl)cc1. The standard InChI is InChI=1S/C25H26ClNO4/c1-2-30-19-9-7-16(8-10-19)11-17-12-23(21-5-3-4-6-22(21)25(17)26)24-14-18(28)13-20(31-24)15-27-29/h3-10,12,18,20,24,28H,2,11,13-15H2,1H3. The molecule has 0 bridgehead atoms. The molecule has 0 radical (unpaired) electrons. The minimum Gasteiger partial charge on any atom is -0.494 e. The molecule has 1 aliphatic rings. The first kappa shape index (κ1) is 21.8. The number of rotatable bonds is 7. The monoisotopic (exact) mass is 439 g/mol. The molecule has 0 aliphatic carbocycles. The van der Waals surface area contributed by atoms with E-state index in [4.69, 9.17) is 21.1 Å². The molecule has 0 amide bonds. The summed E-state index contributed by atoms with van der Waals surface area (Å²) in [5.74, 6) is 0.843. The van der Waals surface area contributed by atoms with Gasteiger partial charge in [0.1, 0.15) is 12.3 Å². The van der Waals surface area contributed by atoms with Crippen LogP contribution in [0.15, 0.2) is 59.8 Å². The van der Waals surface area contributed by atoms with Crippen molar-refractivity contribution in [2.75, 3.05) is 13.2 Å². The second kappa shape index (κ2) is 9.77. The summed E-state index contributed by atoms with van der Waals surface area (Å²) in [6.45, 7) is 2.63. The highest BCUT2D eigenvalue weighted by atomic mass is 35.5. The van der Waals surface area contributed by atoms with E-state index in [9.17, 15) is 10.0 Å². The minimum absolute atomic E-state index is 0.0398. The maximum atomic E-state index is 10.8. The third-order valence-electron chi connectivity index (χ3n) is 5.72. The molecule has 1 saturated heterocycles. The zero-order chi connectivity index (χ0) is 21.8. The lowest BCUT2D eigenvalue weighted by atomic mass is 9.90. The number of nitroso groups, excluding NO2 is 1. The fourth-order valence-electron chi connectivity index (χ4n) is 4.30. The van der Waals surface area contributed by atoms with E-state index in [-0.39, 0.29) is 18.8 Å². The van der Waals surface area contributed by atoms with Gasteiger partial charge < -0.3 is 14.6 Å². The molecule has 162 valence electrons. The molecule has 31 heavy (non-hydrogen) atoms. The van der Waals surface area contributed by atoms with Gasteiger partial charge in [-0.3, -0.25) is 0 Å². The van der Waals surface area contributed by atoms with Crippen LogP contribution in [0.25, 0.3) is 10.8 Å². The topological polar surface area (TPSA) is 68.1 Å². The smallest absolute Gasteiger partial charge is 0.119 e. The van der Waals surface area contributed by atoms with Gasteiger partial charge in [-0.15, -0.1) is 0 Å². The molecule has 0 spiro atoms. The summed E-state index contributed by atoms with van der Waals surface area (Å²) in [6, 6.07) is 18.1. The Bertz CT molecular complexity index is 1050. The summed E-state index contributed by atoms with van der Waals surface area (Å²) in [5, 5.41) is 16.0. The highest BCUT2D eigenvalue weighted by Crippen LogP contribution is 2.40. The molecular weight excluding hydrogens is 414 g/mol. The maximum Gasteiger partial charge on any atom is 0.119 e. The van der Waals surface area contributed by atoms with Crippen LogP contribution in [0.2, 0.25) is 5.02 Å². The Kier molecular flexibility index (Phi) is 6.86. The van der Waals surface area contributed by atoms with Gasteiger partial charge in [0.15, 0.2) is 0 Å².